The summed E-state index contributed by atoms with van der Waals surface area (Å²) >= 11 is 0. The number of nitrogens with one attached hydrogen (secondary N) is 1. The van der Waals surface area contributed by atoms with Gasteiger partial charge in [-0.2, -0.15) is 0 Å². The van der Waals surface area contributed by atoms with E-state index >= 15 is 0 Å². The zero-order chi connectivity index (χ0) is 14.6. The summed E-state index contributed by atoms with van der Waals surface area (Å²) in [7, 11) is 0. The first-order valence-electron chi connectivity index (χ1n) is 8.19. The summed E-state index contributed by atoms with van der Waals surface area (Å²) in [6, 6.07) is 0. The fourth-order valence-electron chi connectivity index (χ4n) is 3.06. The van der Waals surface area contributed by atoms with Gasteiger partial charge in [0.2, 0.25) is 5.91 Å². The molecule has 0 aromatic rings. The van der Waals surface area contributed by atoms with E-state index in [1.807, 2.05) is 4.90 Å². The maximum atomic E-state index is 12.1. The Morgan fingerprint density at radius 1 is 1.10 bits per heavy atom. The van der Waals surface area contributed by atoms with E-state index in [9.17, 15) is 4.79 Å². The van der Waals surface area contributed by atoms with Gasteiger partial charge in [-0.05, 0) is 72.0 Å². The number of likely N-dealkylation sites (tertiary alicyclic amines) is 2. The van der Waals surface area contributed by atoms with Gasteiger partial charge in [-0.3, -0.25) is 9.69 Å². The molecule has 20 heavy (non-hydrogen) atoms. The zero-order valence-electron chi connectivity index (χ0n) is 13.5. The highest BCUT2D eigenvalue weighted by molar-refractivity contribution is 5.78. The van der Waals surface area contributed by atoms with E-state index in [0.717, 1.165) is 38.6 Å². The van der Waals surface area contributed by atoms with E-state index in [2.05, 4.69) is 31.0 Å². The second kappa shape index (κ2) is 6.90. The van der Waals surface area contributed by atoms with Crippen molar-refractivity contribution in [3.63, 3.8) is 0 Å². The summed E-state index contributed by atoms with van der Waals surface area (Å²) in [6.45, 7) is 12.5. The molecule has 0 atom stereocenters. The molecule has 0 aliphatic carbocycles. The van der Waals surface area contributed by atoms with Gasteiger partial charge in [-0.1, -0.05) is 0 Å². The molecule has 1 N–H and O–H groups in total. The Bertz CT molecular complexity index is 310. The first-order chi connectivity index (χ1) is 9.44. The van der Waals surface area contributed by atoms with Gasteiger partial charge in [-0.25, -0.2) is 0 Å². The Labute approximate surface area is 123 Å². The molecule has 0 saturated carbocycles. The number of hydrogen-bond donors (Lipinski definition) is 1. The Morgan fingerprint density at radius 2 is 1.70 bits per heavy atom. The molecule has 2 heterocycles. The third-order valence-corrected chi connectivity index (χ3v) is 4.45. The number of carbonyl (C=O) groups excluding carboxylic acids is 1. The van der Waals surface area contributed by atoms with E-state index in [1.54, 1.807) is 0 Å². The minimum atomic E-state index is 0.211. The van der Waals surface area contributed by atoms with Crippen LogP contribution in [0.25, 0.3) is 0 Å². The first kappa shape index (κ1) is 15.8. The largest absolute Gasteiger partial charge is 0.342 e. The summed E-state index contributed by atoms with van der Waals surface area (Å²) in [5, 5.41) is 3.60. The molecule has 0 unspecified atom stereocenters. The minimum Gasteiger partial charge on any atom is -0.342 e. The van der Waals surface area contributed by atoms with E-state index in [-0.39, 0.29) is 5.54 Å². The highest BCUT2D eigenvalue weighted by atomic mass is 16.2. The number of hydrogen-bond acceptors (Lipinski definition) is 3. The van der Waals surface area contributed by atoms with Gasteiger partial charge in [0, 0.05) is 18.6 Å². The second-order valence-electron chi connectivity index (χ2n) is 7.44. The molecule has 0 radical (unpaired) electrons. The average molecular weight is 281 g/mol. The van der Waals surface area contributed by atoms with Crippen LogP contribution in [0, 0.1) is 5.92 Å². The Morgan fingerprint density at radius 3 is 2.25 bits per heavy atom. The highest BCUT2D eigenvalue weighted by Gasteiger charge is 2.24. The SMILES string of the molecule is CC(C)(C)NCC1CCN(CC(=O)N2CCCC2)CC1. The van der Waals surface area contributed by atoms with E-state index in [1.165, 1.54) is 25.7 Å². The Balaban J connectivity index is 1.65. The molecule has 2 aliphatic rings. The van der Waals surface area contributed by atoms with Crippen LogP contribution in [0.5, 0.6) is 0 Å². The third-order valence-electron chi connectivity index (χ3n) is 4.45. The molecule has 2 saturated heterocycles. The minimum absolute atomic E-state index is 0.211. The van der Waals surface area contributed by atoms with Crippen LogP contribution in [-0.4, -0.2) is 60.5 Å². The lowest BCUT2D eigenvalue weighted by Gasteiger charge is -2.34. The van der Waals surface area contributed by atoms with Crippen molar-refractivity contribution in [1.82, 2.24) is 15.1 Å². The van der Waals surface area contributed by atoms with Crippen LogP contribution in [-0.2, 0) is 4.79 Å². The van der Waals surface area contributed by atoms with Crippen LogP contribution >= 0.6 is 0 Å². The number of piperidine rings is 1. The Hall–Kier alpha value is -0.610. The lowest BCUT2D eigenvalue weighted by Crippen LogP contribution is -2.45. The molecule has 4 nitrogen and oxygen atoms in total. The molecule has 116 valence electrons. The summed E-state index contributed by atoms with van der Waals surface area (Å²) < 4.78 is 0. The molecule has 4 heteroatoms. The van der Waals surface area contributed by atoms with Crippen molar-refractivity contribution in [2.45, 2.75) is 52.0 Å². The zero-order valence-corrected chi connectivity index (χ0v) is 13.5. The summed E-state index contributed by atoms with van der Waals surface area (Å²) in [5.41, 5.74) is 0.211. The highest BCUT2D eigenvalue weighted by Crippen LogP contribution is 2.18. The lowest BCUT2D eigenvalue weighted by atomic mass is 9.95. The standard InChI is InChI=1S/C16H31N3O/c1-16(2,3)17-12-14-6-10-18(11-7-14)13-15(20)19-8-4-5-9-19/h14,17H,4-13H2,1-3H3. The molecule has 0 aromatic heterocycles. The van der Waals surface area contributed by atoms with Gasteiger partial charge in [0.15, 0.2) is 0 Å². The summed E-state index contributed by atoms with van der Waals surface area (Å²) in [4.78, 5) is 16.5. The fourth-order valence-corrected chi connectivity index (χ4v) is 3.06. The van der Waals surface area contributed by atoms with Crippen molar-refractivity contribution < 1.29 is 4.79 Å². The van der Waals surface area contributed by atoms with Crippen molar-refractivity contribution >= 4 is 5.91 Å². The van der Waals surface area contributed by atoms with Gasteiger partial charge in [0.1, 0.15) is 0 Å². The molecule has 1 amide bonds. The number of carbonyl (C=O) groups is 1. The monoisotopic (exact) mass is 281 g/mol. The number of nitrogens with zero attached hydrogens (tertiary/aromatic N) is 2. The van der Waals surface area contributed by atoms with Gasteiger partial charge in [0.25, 0.3) is 0 Å². The van der Waals surface area contributed by atoms with Crippen LogP contribution in [0.2, 0.25) is 0 Å². The Kier molecular flexibility index (Phi) is 5.44. The van der Waals surface area contributed by atoms with E-state index in [4.69, 9.17) is 0 Å². The van der Waals surface area contributed by atoms with Crippen LogP contribution in [0.15, 0.2) is 0 Å². The summed E-state index contributed by atoms with van der Waals surface area (Å²) in [6.07, 6.45) is 4.81. The van der Waals surface area contributed by atoms with Crippen LogP contribution < -0.4 is 5.32 Å². The molecule has 0 spiro atoms. The normalized spacial score (nSPS) is 22.4. The molecular formula is C16H31N3O. The van der Waals surface area contributed by atoms with E-state index < -0.39 is 0 Å². The predicted octanol–water partition coefficient (Wildman–Crippen LogP) is 1.71. The van der Waals surface area contributed by atoms with Crippen molar-refractivity contribution in [2.24, 2.45) is 5.92 Å². The lowest BCUT2D eigenvalue weighted by molar-refractivity contribution is -0.131. The molecule has 0 bridgehead atoms. The molecule has 2 rings (SSSR count). The van der Waals surface area contributed by atoms with Crippen molar-refractivity contribution in [3.05, 3.63) is 0 Å². The molecule has 2 fully saturated rings. The van der Waals surface area contributed by atoms with Crippen molar-refractivity contribution in [2.75, 3.05) is 39.3 Å². The fraction of sp³-hybridized carbons (Fsp3) is 0.938. The van der Waals surface area contributed by atoms with Gasteiger partial charge in [-0.15, -0.1) is 0 Å². The van der Waals surface area contributed by atoms with Gasteiger partial charge < -0.3 is 10.2 Å². The van der Waals surface area contributed by atoms with E-state index in [0.29, 0.717) is 12.5 Å². The smallest absolute Gasteiger partial charge is 0.236 e. The van der Waals surface area contributed by atoms with Gasteiger partial charge >= 0.3 is 0 Å². The third kappa shape index (κ3) is 5.06. The van der Waals surface area contributed by atoms with Gasteiger partial charge in [0.05, 0.1) is 6.54 Å². The van der Waals surface area contributed by atoms with Crippen LogP contribution in [0.3, 0.4) is 0 Å². The van der Waals surface area contributed by atoms with Crippen molar-refractivity contribution in [1.29, 1.82) is 0 Å². The number of rotatable bonds is 4. The molecular weight excluding hydrogens is 250 g/mol. The quantitative estimate of drug-likeness (QED) is 0.852. The first-order valence-corrected chi connectivity index (χ1v) is 8.19. The van der Waals surface area contributed by atoms with Crippen molar-refractivity contribution in [3.8, 4) is 0 Å². The summed E-state index contributed by atoms with van der Waals surface area (Å²) in [5.74, 6) is 1.11. The molecule has 0 aromatic carbocycles. The number of amides is 1. The maximum absolute atomic E-state index is 12.1. The second-order valence-corrected chi connectivity index (χ2v) is 7.44. The maximum Gasteiger partial charge on any atom is 0.236 e. The van der Waals surface area contributed by atoms with Crippen LogP contribution in [0.4, 0.5) is 0 Å². The average Bonchev–Trinajstić information content (AvgIpc) is 2.91. The predicted molar refractivity (Wildman–Crippen MR) is 82.7 cm³/mol. The molecule has 2 aliphatic heterocycles. The van der Waals surface area contributed by atoms with Crippen LogP contribution in [0.1, 0.15) is 46.5 Å². The topological polar surface area (TPSA) is 35.6 Å².